The number of fused-ring (bicyclic) bond motifs is 1. The number of ether oxygens (including phenoxy) is 1. The summed E-state index contributed by atoms with van der Waals surface area (Å²) >= 11 is 0. The third kappa shape index (κ3) is 1.34. The Morgan fingerprint density at radius 1 is 1.50 bits per heavy atom. The fourth-order valence-corrected chi connectivity index (χ4v) is 1.81. The molecule has 0 radical (unpaired) electrons. The highest BCUT2D eigenvalue weighted by Gasteiger charge is 2.15. The molecule has 2 rings (SSSR count). The Balaban J connectivity index is 2.87. The van der Waals surface area contributed by atoms with E-state index in [0.717, 1.165) is 11.1 Å². The smallest absolute Gasteiger partial charge is 0.418 e. The molecule has 1 aromatic heterocycles. The van der Waals surface area contributed by atoms with E-state index in [1.807, 2.05) is 12.1 Å². The van der Waals surface area contributed by atoms with Crippen LogP contribution >= 0.6 is 0 Å². The van der Waals surface area contributed by atoms with Crippen LogP contribution in [0.3, 0.4) is 0 Å². The summed E-state index contributed by atoms with van der Waals surface area (Å²) in [6.07, 6.45) is -0.477. The van der Waals surface area contributed by atoms with Crippen LogP contribution in [-0.4, -0.2) is 17.8 Å². The summed E-state index contributed by atoms with van der Waals surface area (Å²) in [5.41, 5.74) is 1.83. The van der Waals surface area contributed by atoms with Gasteiger partial charge in [-0.2, -0.15) is 5.26 Å². The van der Waals surface area contributed by atoms with E-state index in [2.05, 4.69) is 6.07 Å². The van der Waals surface area contributed by atoms with Crippen molar-refractivity contribution in [2.75, 3.05) is 7.11 Å². The van der Waals surface area contributed by atoms with Gasteiger partial charge in [0.1, 0.15) is 6.07 Å². The molecule has 0 fully saturated rings. The number of benzene rings is 1. The van der Waals surface area contributed by atoms with Gasteiger partial charge in [0.25, 0.3) is 0 Å². The highest BCUT2D eigenvalue weighted by atomic mass is 16.5. The quantitative estimate of drug-likeness (QED) is 0.676. The largest absolute Gasteiger partial charge is 0.452 e. The number of aromatic nitrogens is 1. The molecular formula is C12H10N2O2. The standard InChI is InChI=1S/C12H10N2O2/c1-8-6-9-4-3-5-10(7-13)11(9)14(8)12(15)16-2/h3-6H,1-2H3. The maximum Gasteiger partial charge on any atom is 0.418 e. The van der Waals surface area contributed by atoms with Gasteiger partial charge in [-0.1, -0.05) is 12.1 Å². The molecule has 16 heavy (non-hydrogen) atoms. The minimum Gasteiger partial charge on any atom is -0.452 e. The van der Waals surface area contributed by atoms with Crippen LogP contribution in [0.25, 0.3) is 10.9 Å². The lowest BCUT2D eigenvalue weighted by molar-refractivity contribution is 0.173. The van der Waals surface area contributed by atoms with Crippen LogP contribution in [0.1, 0.15) is 11.3 Å². The molecular weight excluding hydrogens is 204 g/mol. The summed E-state index contributed by atoms with van der Waals surface area (Å²) in [7, 11) is 1.32. The van der Waals surface area contributed by atoms with Gasteiger partial charge in [0.15, 0.2) is 0 Å². The van der Waals surface area contributed by atoms with Crippen molar-refractivity contribution < 1.29 is 9.53 Å². The SMILES string of the molecule is COC(=O)n1c(C)cc2cccc(C#N)c21. The lowest BCUT2D eigenvalue weighted by Gasteiger charge is -2.05. The highest BCUT2D eigenvalue weighted by Crippen LogP contribution is 2.23. The van der Waals surface area contributed by atoms with Crippen LogP contribution in [-0.2, 0) is 4.74 Å². The third-order valence-electron chi connectivity index (χ3n) is 2.49. The molecule has 2 aromatic rings. The molecule has 0 bridgehead atoms. The van der Waals surface area contributed by atoms with Gasteiger partial charge < -0.3 is 4.74 Å². The maximum atomic E-state index is 11.6. The molecule has 4 nitrogen and oxygen atoms in total. The molecule has 80 valence electrons. The van der Waals surface area contributed by atoms with E-state index in [-0.39, 0.29) is 0 Å². The van der Waals surface area contributed by atoms with Crippen LogP contribution in [0.2, 0.25) is 0 Å². The fraction of sp³-hybridized carbons (Fsp3) is 0.167. The Morgan fingerprint density at radius 3 is 2.88 bits per heavy atom. The van der Waals surface area contributed by atoms with Crippen LogP contribution in [0, 0.1) is 18.3 Å². The first-order valence-electron chi connectivity index (χ1n) is 4.78. The van der Waals surface area contributed by atoms with E-state index in [1.165, 1.54) is 11.7 Å². The van der Waals surface area contributed by atoms with Crippen molar-refractivity contribution >= 4 is 17.0 Å². The molecule has 0 aliphatic carbocycles. The van der Waals surface area contributed by atoms with E-state index in [4.69, 9.17) is 10.00 Å². The molecule has 0 amide bonds. The van der Waals surface area contributed by atoms with Gasteiger partial charge in [0.05, 0.1) is 18.2 Å². The van der Waals surface area contributed by atoms with E-state index in [0.29, 0.717) is 11.1 Å². The van der Waals surface area contributed by atoms with Crippen molar-refractivity contribution in [3.63, 3.8) is 0 Å². The van der Waals surface area contributed by atoms with Gasteiger partial charge in [0.2, 0.25) is 0 Å². The molecule has 0 spiro atoms. The first kappa shape index (κ1) is 10.2. The summed E-state index contributed by atoms with van der Waals surface area (Å²) in [4.78, 5) is 11.6. The Bertz CT molecular complexity index is 605. The molecule has 4 heteroatoms. The van der Waals surface area contributed by atoms with Gasteiger partial charge in [-0.25, -0.2) is 9.36 Å². The van der Waals surface area contributed by atoms with Gasteiger partial charge in [-0.3, -0.25) is 0 Å². The second kappa shape index (κ2) is 3.70. The first-order chi connectivity index (χ1) is 7.69. The third-order valence-corrected chi connectivity index (χ3v) is 2.49. The number of hydrogen-bond acceptors (Lipinski definition) is 3. The number of carbonyl (C=O) groups is 1. The lowest BCUT2D eigenvalue weighted by Crippen LogP contribution is -2.13. The zero-order valence-electron chi connectivity index (χ0n) is 9.02. The molecule has 0 N–H and O–H groups in total. The van der Waals surface area contributed by atoms with E-state index >= 15 is 0 Å². The summed E-state index contributed by atoms with van der Waals surface area (Å²) in [5, 5.41) is 9.87. The molecule has 0 atom stereocenters. The van der Waals surface area contributed by atoms with Crippen LogP contribution in [0.15, 0.2) is 24.3 Å². The molecule has 1 heterocycles. The Labute approximate surface area is 92.7 Å². The highest BCUT2D eigenvalue weighted by molar-refractivity contribution is 5.94. The van der Waals surface area contributed by atoms with Crippen molar-refractivity contribution in [2.45, 2.75) is 6.92 Å². The zero-order chi connectivity index (χ0) is 11.7. The minimum atomic E-state index is -0.477. The zero-order valence-corrected chi connectivity index (χ0v) is 9.02. The number of nitriles is 1. The molecule has 0 unspecified atom stereocenters. The summed E-state index contributed by atoms with van der Waals surface area (Å²) in [6.45, 7) is 1.80. The lowest BCUT2D eigenvalue weighted by atomic mass is 10.1. The predicted octanol–water partition coefficient (Wildman–Crippen LogP) is 2.44. The summed E-state index contributed by atoms with van der Waals surface area (Å²) in [6, 6.07) is 9.27. The normalized spacial score (nSPS) is 10.1. The second-order valence-corrected chi connectivity index (χ2v) is 3.45. The van der Waals surface area contributed by atoms with Gasteiger partial charge in [-0.05, 0) is 19.1 Å². The monoisotopic (exact) mass is 214 g/mol. The van der Waals surface area contributed by atoms with Crippen molar-refractivity contribution in [3.8, 4) is 6.07 Å². The molecule has 1 aromatic carbocycles. The van der Waals surface area contributed by atoms with Crippen molar-refractivity contribution in [2.24, 2.45) is 0 Å². The van der Waals surface area contributed by atoms with Gasteiger partial charge >= 0.3 is 6.09 Å². The molecule has 0 aliphatic rings. The van der Waals surface area contributed by atoms with Crippen LogP contribution < -0.4 is 0 Å². The molecule has 0 saturated heterocycles. The van der Waals surface area contributed by atoms with Crippen molar-refractivity contribution in [1.29, 1.82) is 5.26 Å². The number of carbonyl (C=O) groups excluding carboxylic acids is 1. The minimum absolute atomic E-state index is 0.469. The topological polar surface area (TPSA) is 55.0 Å². The number of para-hydroxylation sites is 1. The van der Waals surface area contributed by atoms with Crippen molar-refractivity contribution in [3.05, 3.63) is 35.5 Å². The Morgan fingerprint density at radius 2 is 2.25 bits per heavy atom. The van der Waals surface area contributed by atoms with Gasteiger partial charge in [-0.15, -0.1) is 0 Å². The number of methoxy groups -OCH3 is 1. The van der Waals surface area contributed by atoms with Crippen LogP contribution in [0.4, 0.5) is 4.79 Å². The first-order valence-corrected chi connectivity index (χ1v) is 4.78. The van der Waals surface area contributed by atoms with Gasteiger partial charge in [0, 0.05) is 11.1 Å². The van der Waals surface area contributed by atoms with E-state index < -0.39 is 6.09 Å². The molecule has 0 saturated carbocycles. The predicted molar refractivity (Wildman–Crippen MR) is 59.2 cm³/mol. The van der Waals surface area contributed by atoms with Crippen LogP contribution in [0.5, 0.6) is 0 Å². The van der Waals surface area contributed by atoms with Crippen molar-refractivity contribution in [1.82, 2.24) is 4.57 Å². The number of rotatable bonds is 0. The Hall–Kier alpha value is -2.28. The Kier molecular flexibility index (Phi) is 2.37. The summed E-state index contributed by atoms with van der Waals surface area (Å²) < 4.78 is 6.11. The van der Waals surface area contributed by atoms with E-state index in [1.54, 1.807) is 19.1 Å². The average molecular weight is 214 g/mol. The summed E-state index contributed by atoms with van der Waals surface area (Å²) in [5.74, 6) is 0. The maximum absolute atomic E-state index is 11.6. The molecule has 0 aliphatic heterocycles. The number of aryl methyl sites for hydroxylation is 1. The number of hydrogen-bond donors (Lipinski definition) is 0. The number of nitrogens with zero attached hydrogens (tertiary/aromatic N) is 2. The second-order valence-electron chi connectivity index (χ2n) is 3.45. The average Bonchev–Trinajstić information content (AvgIpc) is 2.63. The van der Waals surface area contributed by atoms with E-state index in [9.17, 15) is 4.79 Å². The fourth-order valence-electron chi connectivity index (χ4n) is 1.81.